The highest BCUT2D eigenvalue weighted by Gasteiger charge is 2.20. The number of hydrogen-bond acceptors (Lipinski definition) is 4. The molecule has 0 fully saturated rings. The fraction of sp³-hybridized carbons (Fsp3) is 0. The summed E-state index contributed by atoms with van der Waals surface area (Å²) in [5, 5.41) is 9.07. The van der Waals surface area contributed by atoms with E-state index in [0.717, 1.165) is 116 Å². The molecule has 3 aromatic heterocycles. The Hall–Kier alpha value is -8.34. The van der Waals surface area contributed by atoms with E-state index in [0.29, 0.717) is 0 Å². The number of para-hydroxylation sites is 3. The van der Waals surface area contributed by atoms with Gasteiger partial charge >= 0.3 is 0 Å². The van der Waals surface area contributed by atoms with E-state index in [-0.39, 0.29) is 0 Å². The standard InChI is InChI=1S/C58H35NO3/c1-2-11-39-35-57-50(32-38(39)10-1)49-34-41(25-31-55(49)62-57)44-12-3-6-16-51(44)59(42-26-20-36(21-27-42)40-24-30-54-48(33-40)46-13-4-7-17-52(46)60-54)43-28-22-37(23-29-43)45-15-9-19-56-58(45)47-14-5-8-18-53(47)61-56/h1-35H. The molecular formula is C58H35NO3. The summed E-state index contributed by atoms with van der Waals surface area (Å²) >= 11 is 0. The van der Waals surface area contributed by atoms with Gasteiger partial charge in [-0.1, -0.05) is 127 Å². The van der Waals surface area contributed by atoms with Crippen molar-refractivity contribution in [3.63, 3.8) is 0 Å². The molecule has 62 heavy (non-hydrogen) atoms. The average Bonchev–Trinajstić information content (AvgIpc) is 4.02. The maximum absolute atomic E-state index is 6.43. The van der Waals surface area contributed by atoms with E-state index in [1.807, 2.05) is 24.3 Å². The summed E-state index contributed by atoms with van der Waals surface area (Å²) in [7, 11) is 0. The lowest BCUT2D eigenvalue weighted by Crippen LogP contribution is -2.11. The number of furan rings is 3. The molecule has 3 heterocycles. The number of benzene rings is 10. The highest BCUT2D eigenvalue weighted by molar-refractivity contribution is 6.13. The van der Waals surface area contributed by atoms with Crippen LogP contribution in [0.5, 0.6) is 0 Å². The van der Waals surface area contributed by atoms with Crippen LogP contribution in [0.25, 0.3) is 110 Å². The molecule has 0 amide bonds. The zero-order valence-electron chi connectivity index (χ0n) is 33.4. The van der Waals surface area contributed by atoms with Gasteiger partial charge in [0.05, 0.1) is 5.69 Å². The SMILES string of the molecule is c1ccc(N(c2ccc(-c3ccc4oc5ccccc5c4c3)cc2)c2ccc(-c3cccc4oc5ccccc5c34)cc2)c(-c2ccc3oc4cc5ccccc5cc4c3c2)c1. The second kappa shape index (κ2) is 13.6. The molecule has 0 unspecified atom stereocenters. The molecule has 13 rings (SSSR count). The van der Waals surface area contributed by atoms with Gasteiger partial charge in [-0.25, -0.2) is 0 Å². The molecule has 0 aliphatic carbocycles. The van der Waals surface area contributed by atoms with E-state index in [1.165, 1.54) is 10.8 Å². The fourth-order valence-electron chi connectivity index (χ4n) is 9.48. The Balaban J connectivity index is 0.953. The number of nitrogens with zero attached hydrogens (tertiary/aromatic N) is 1. The van der Waals surface area contributed by atoms with Crippen LogP contribution in [0.4, 0.5) is 17.1 Å². The first-order chi connectivity index (χ1) is 30.7. The maximum Gasteiger partial charge on any atom is 0.136 e. The predicted molar refractivity (Wildman–Crippen MR) is 257 cm³/mol. The molecule has 0 radical (unpaired) electrons. The molecular weight excluding hydrogens is 759 g/mol. The van der Waals surface area contributed by atoms with Crippen LogP contribution in [0, 0.1) is 0 Å². The van der Waals surface area contributed by atoms with Gasteiger partial charge in [0.25, 0.3) is 0 Å². The summed E-state index contributed by atoms with van der Waals surface area (Å²) in [6.07, 6.45) is 0. The summed E-state index contributed by atoms with van der Waals surface area (Å²) in [6, 6.07) is 75.3. The predicted octanol–water partition coefficient (Wildman–Crippen LogP) is 17.0. The van der Waals surface area contributed by atoms with Crippen LogP contribution in [0.2, 0.25) is 0 Å². The summed E-state index contributed by atoms with van der Waals surface area (Å²) in [5.74, 6) is 0. The van der Waals surface area contributed by atoms with Gasteiger partial charge in [-0.2, -0.15) is 0 Å². The third-order valence-corrected chi connectivity index (χ3v) is 12.5. The molecule has 0 bridgehead atoms. The topological polar surface area (TPSA) is 42.7 Å². The Morgan fingerprint density at radius 3 is 1.56 bits per heavy atom. The van der Waals surface area contributed by atoms with Gasteiger partial charge in [0.1, 0.15) is 33.5 Å². The Morgan fingerprint density at radius 2 is 0.774 bits per heavy atom. The van der Waals surface area contributed by atoms with Crippen molar-refractivity contribution in [1.82, 2.24) is 0 Å². The molecule has 0 aliphatic rings. The molecule has 13 aromatic rings. The summed E-state index contributed by atoms with van der Waals surface area (Å²) in [4.78, 5) is 2.37. The highest BCUT2D eigenvalue weighted by atomic mass is 16.3. The maximum atomic E-state index is 6.43. The second-order valence-corrected chi connectivity index (χ2v) is 16.0. The minimum Gasteiger partial charge on any atom is -0.456 e. The van der Waals surface area contributed by atoms with Crippen LogP contribution in [0.1, 0.15) is 0 Å². The van der Waals surface area contributed by atoms with Gasteiger partial charge in [0.2, 0.25) is 0 Å². The number of anilines is 3. The molecule has 0 spiro atoms. The third-order valence-electron chi connectivity index (χ3n) is 12.5. The number of fused-ring (bicyclic) bond motifs is 10. The Bertz CT molecular complexity index is 3870. The summed E-state index contributed by atoms with van der Waals surface area (Å²) in [5.41, 5.74) is 15.3. The first-order valence-electron chi connectivity index (χ1n) is 21.0. The molecule has 290 valence electrons. The van der Waals surface area contributed by atoms with Crippen molar-refractivity contribution in [3.05, 3.63) is 212 Å². The lowest BCUT2D eigenvalue weighted by molar-refractivity contribution is 0.668. The first kappa shape index (κ1) is 34.5. The number of rotatable bonds is 6. The normalized spacial score (nSPS) is 11.9. The van der Waals surface area contributed by atoms with Crippen molar-refractivity contribution in [3.8, 4) is 33.4 Å². The van der Waals surface area contributed by atoms with Gasteiger partial charge in [-0.15, -0.1) is 0 Å². The Morgan fingerprint density at radius 1 is 0.274 bits per heavy atom. The minimum atomic E-state index is 0.876. The van der Waals surface area contributed by atoms with Crippen molar-refractivity contribution >= 4 is 93.7 Å². The fourth-order valence-corrected chi connectivity index (χ4v) is 9.48. The largest absolute Gasteiger partial charge is 0.456 e. The molecule has 0 aliphatic heterocycles. The van der Waals surface area contributed by atoms with Crippen LogP contribution >= 0.6 is 0 Å². The Kier molecular flexibility index (Phi) is 7.57. The van der Waals surface area contributed by atoms with Gasteiger partial charge in [-0.05, 0) is 124 Å². The van der Waals surface area contributed by atoms with Crippen LogP contribution < -0.4 is 4.90 Å². The highest BCUT2D eigenvalue weighted by Crippen LogP contribution is 2.45. The van der Waals surface area contributed by atoms with E-state index in [2.05, 4.69) is 193 Å². The molecule has 4 nitrogen and oxygen atoms in total. The van der Waals surface area contributed by atoms with Gasteiger partial charge < -0.3 is 18.2 Å². The van der Waals surface area contributed by atoms with E-state index >= 15 is 0 Å². The first-order valence-corrected chi connectivity index (χ1v) is 21.0. The average molecular weight is 794 g/mol. The van der Waals surface area contributed by atoms with Crippen molar-refractivity contribution in [2.24, 2.45) is 0 Å². The molecule has 0 atom stereocenters. The lowest BCUT2D eigenvalue weighted by atomic mass is 9.97. The van der Waals surface area contributed by atoms with E-state index < -0.39 is 0 Å². The lowest BCUT2D eigenvalue weighted by Gasteiger charge is -2.28. The second-order valence-electron chi connectivity index (χ2n) is 16.0. The zero-order valence-corrected chi connectivity index (χ0v) is 33.4. The van der Waals surface area contributed by atoms with Crippen molar-refractivity contribution in [2.45, 2.75) is 0 Å². The summed E-state index contributed by atoms with van der Waals surface area (Å²) in [6.45, 7) is 0. The quantitative estimate of drug-likeness (QED) is 0.168. The Labute approximate surface area is 356 Å². The molecule has 10 aromatic carbocycles. The van der Waals surface area contributed by atoms with Crippen molar-refractivity contribution in [2.75, 3.05) is 4.90 Å². The van der Waals surface area contributed by atoms with Crippen LogP contribution in [-0.2, 0) is 0 Å². The van der Waals surface area contributed by atoms with Crippen molar-refractivity contribution in [1.29, 1.82) is 0 Å². The smallest absolute Gasteiger partial charge is 0.136 e. The monoisotopic (exact) mass is 793 g/mol. The summed E-state index contributed by atoms with van der Waals surface area (Å²) < 4.78 is 18.8. The zero-order chi connectivity index (χ0) is 40.7. The van der Waals surface area contributed by atoms with Crippen LogP contribution in [0.3, 0.4) is 0 Å². The van der Waals surface area contributed by atoms with Gasteiger partial charge in [-0.3, -0.25) is 0 Å². The molecule has 4 heteroatoms. The molecule has 0 saturated carbocycles. The molecule has 0 saturated heterocycles. The number of hydrogen-bond donors (Lipinski definition) is 0. The van der Waals surface area contributed by atoms with Crippen molar-refractivity contribution < 1.29 is 13.3 Å². The van der Waals surface area contributed by atoms with Gasteiger partial charge in [0, 0.05) is 49.3 Å². The van der Waals surface area contributed by atoms with Crippen LogP contribution in [0.15, 0.2) is 226 Å². The van der Waals surface area contributed by atoms with Gasteiger partial charge in [0.15, 0.2) is 0 Å². The van der Waals surface area contributed by atoms with E-state index in [9.17, 15) is 0 Å². The van der Waals surface area contributed by atoms with Crippen LogP contribution in [-0.4, -0.2) is 0 Å². The third kappa shape index (κ3) is 5.47. The minimum absolute atomic E-state index is 0.876. The van der Waals surface area contributed by atoms with E-state index in [1.54, 1.807) is 0 Å². The molecule has 0 N–H and O–H groups in total. The van der Waals surface area contributed by atoms with E-state index in [4.69, 9.17) is 13.3 Å².